The second-order valence-corrected chi connectivity index (χ2v) is 8.65. The Hall–Kier alpha value is -3.44. The highest BCUT2D eigenvalue weighted by molar-refractivity contribution is 6.09. The third-order valence-corrected chi connectivity index (χ3v) is 6.75. The highest BCUT2D eigenvalue weighted by Gasteiger charge is 2.54. The summed E-state index contributed by atoms with van der Waals surface area (Å²) in [6, 6.07) is 27.3. The Kier molecular flexibility index (Phi) is 5.27. The summed E-state index contributed by atoms with van der Waals surface area (Å²) in [5.74, 6) is -0.240. The van der Waals surface area contributed by atoms with E-state index in [-0.39, 0.29) is 24.6 Å². The lowest BCUT2D eigenvalue weighted by atomic mass is 9.82. The molecular formula is C27H27N3O2. The molecule has 5 heteroatoms. The zero-order valence-electron chi connectivity index (χ0n) is 18.2. The van der Waals surface area contributed by atoms with Crippen molar-refractivity contribution in [2.24, 2.45) is 0 Å². The van der Waals surface area contributed by atoms with E-state index in [4.69, 9.17) is 0 Å². The van der Waals surface area contributed by atoms with Gasteiger partial charge in [-0.15, -0.1) is 0 Å². The Morgan fingerprint density at radius 1 is 0.906 bits per heavy atom. The van der Waals surface area contributed by atoms with Crippen molar-refractivity contribution in [2.45, 2.75) is 30.8 Å². The summed E-state index contributed by atoms with van der Waals surface area (Å²) < 4.78 is 0. The first-order valence-corrected chi connectivity index (χ1v) is 11.1. The lowest BCUT2D eigenvalue weighted by Crippen LogP contribution is -2.46. The molecule has 1 saturated heterocycles. The van der Waals surface area contributed by atoms with Crippen LogP contribution in [0.3, 0.4) is 0 Å². The van der Waals surface area contributed by atoms with Crippen LogP contribution >= 0.6 is 0 Å². The number of rotatable bonds is 5. The fraction of sp³-hybridized carbons (Fsp3) is 0.259. The molecule has 1 aliphatic heterocycles. The number of hydrogen-bond donors (Lipinski definition) is 1. The zero-order chi connectivity index (χ0) is 22.1. The highest BCUT2D eigenvalue weighted by atomic mass is 16.2. The molecule has 32 heavy (non-hydrogen) atoms. The predicted octanol–water partition coefficient (Wildman–Crippen LogP) is 4.45. The standard InChI is InChI=1S/C27H27N3O2/c1-29(24-18-10-12-20-11-8-9-17-23(20)24)19-30-25(31)27(28-26(30)32,21-13-4-2-5-14-21)22-15-6-3-7-16-22/h2-9,11,13-17,24H,10,12,18-19H2,1H3,(H,28,32)/t24-/m1/s1. The molecule has 5 nitrogen and oxygen atoms in total. The summed E-state index contributed by atoms with van der Waals surface area (Å²) >= 11 is 0. The van der Waals surface area contributed by atoms with Crippen LogP contribution in [-0.2, 0) is 16.8 Å². The zero-order valence-corrected chi connectivity index (χ0v) is 18.2. The Bertz CT molecular complexity index is 1090. The Balaban J connectivity index is 1.48. The molecular weight excluding hydrogens is 398 g/mol. The molecule has 1 fully saturated rings. The normalized spacial score (nSPS) is 19.7. The number of aryl methyl sites for hydroxylation is 1. The molecule has 0 spiro atoms. The molecule has 5 rings (SSSR count). The number of imide groups is 1. The van der Waals surface area contributed by atoms with Gasteiger partial charge in [-0.1, -0.05) is 84.9 Å². The lowest BCUT2D eigenvalue weighted by molar-refractivity contribution is -0.132. The average Bonchev–Trinajstić information content (AvgIpc) is 3.10. The van der Waals surface area contributed by atoms with Crippen molar-refractivity contribution in [2.75, 3.05) is 13.7 Å². The summed E-state index contributed by atoms with van der Waals surface area (Å²) in [4.78, 5) is 30.6. The predicted molar refractivity (Wildman–Crippen MR) is 124 cm³/mol. The van der Waals surface area contributed by atoms with Crippen molar-refractivity contribution >= 4 is 11.9 Å². The molecule has 1 heterocycles. The van der Waals surface area contributed by atoms with Gasteiger partial charge in [0.05, 0.1) is 6.67 Å². The van der Waals surface area contributed by atoms with Gasteiger partial charge in [0.1, 0.15) is 0 Å². The molecule has 1 aliphatic carbocycles. The van der Waals surface area contributed by atoms with Gasteiger partial charge < -0.3 is 5.32 Å². The first-order valence-electron chi connectivity index (χ1n) is 11.1. The first-order chi connectivity index (χ1) is 15.6. The number of urea groups is 1. The molecule has 1 N–H and O–H groups in total. The molecule has 1 atom stereocenters. The molecule has 3 aromatic carbocycles. The van der Waals surface area contributed by atoms with Gasteiger partial charge in [-0.05, 0) is 48.6 Å². The minimum absolute atomic E-state index is 0.184. The molecule has 0 aromatic heterocycles. The molecule has 0 radical (unpaired) electrons. The van der Waals surface area contributed by atoms with Crippen molar-refractivity contribution in [1.82, 2.24) is 15.1 Å². The number of benzene rings is 3. The number of fused-ring (bicyclic) bond motifs is 1. The number of nitrogens with zero attached hydrogens (tertiary/aromatic N) is 2. The second-order valence-electron chi connectivity index (χ2n) is 8.65. The quantitative estimate of drug-likeness (QED) is 0.615. The maximum absolute atomic E-state index is 13.9. The fourth-order valence-electron chi connectivity index (χ4n) is 5.15. The summed E-state index contributed by atoms with van der Waals surface area (Å²) in [6.07, 6.45) is 3.19. The van der Waals surface area contributed by atoms with Crippen LogP contribution in [-0.4, -0.2) is 35.5 Å². The summed E-state index contributed by atoms with van der Waals surface area (Å²) in [5, 5.41) is 3.04. The maximum Gasteiger partial charge on any atom is 0.326 e. The molecule has 3 amide bonds. The summed E-state index contributed by atoms with van der Waals surface area (Å²) in [6.45, 7) is 0.241. The maximum atomic E-state index is 13.9. The van der Waals surface area contributed by atoms with Crippen molar-refractivity contribution in [3.05, 3.63) is 107 Å². The minimum atomic E-state index is -1.22. The summed E-state index contributed by atoms with van der Waals surface area (Å²) in [5.41, 5.74) is 2.96. The molecule has 0 unspecified atom stereocenters. The monoisotopic (exact) mass is 425 g/mol. The third kappa shape index (κ3) is 3.30. The number of hydrogen-bond acceptors (Lipinski definition) is 3. The van der Waals surface area contributed by atoms with E-state index < -0.39 is 5.54 Å². The van der Waals surface area contributed by atoms with Gasteiger partial charge in [-0.3, -0.25) is 9.69 Å². The smallest absolute Gasteiger partial charge is 0.315 e. The van der Waals surface area contributed by atoms with E-state index in [9.17, 15) is 9.59 Å². The van der Waals surface area contributed by atoms with Crippen LogP contribution in [0.1, 0.15) is 41.1 Å². The van der Waals surface area contributed by atoms with Gasteiger partial charge in [0.25, 0.3) is 5.91 Å². The van der Waals surface area contributed by atoms with Crippen molar-refractivity contribution in [1.29, 1.82) is 0 Å². The highest BCUT2D eigenvalue weighted by Crippen LogP contribution is 2.38. The van der Waals surface area contributed by atoms with E-state index in [1.165, 1.54) is 16.0 Å². The minimum Gasteiger partial charge on any atom is -0.315 e. The Morgan fingerprint density at radius 3 is 2.16 bits per heavy atom. The molecule has 3 aromatic rings. The third-order valence-electron chi connectivity index (χ3n) is 6.75. The molecule has 0 saturated carbocycles. The van der Waals surface area contributed by atoms with Crippen molar-refractivity contribution in [3.8, 4) is 0 Å². The van der Waals surface area contributed by atoms with Gasteiger partial charge in [0.2, 0.25) is 0 Å². The Morgan fingerprint density at radius 2 is 1.50 bits per heavy atom. The van der Waals surface area contributed by atoms with Crippen LogP contribution in [0.5, 0.6) is 0 Å². The van der Waals surface area contributed by atoms with Gasteiger partial charge in [-0.2, -0.15) is 0 Å². The van der Waals surface area contributed by atoms with Crippen LogP contribution in [0.15, 0.2) is 84.9 Å². The van der Waals surface area contributed by atoms with Gasteiger partial charge in [0, 0.05) is 6.04 Å². The van der Waals surface area contributed by atoms with Crippen LogP contribution in [0, 0.1) is 0 Å². The van der Waals surface area contributed by atoms with Gasteiger partial charge in [-0.25, -0.2) is 9.69 Å². The van der Waals surface area contributed by atoms with Crippen LogP contribution in [0.2, 0.25) is 0 Å². The average molecular weight is 426 g/mol. The van der Waals surface area contributed by atoms with Gasteiger partial charge in [0.15, 0.2) is 5.54 Å². The molecule has 2 aliphatic rings. The Labute approximate surface area is 188 Å². The van der Waals surface area contributed by atoms with E-state index in [0.29, 0.717) is 0 Å². The fourth-order valence-corrected chi connectivity index (χ4v) is 5.15. The number of nitrogens with one attached hydrogen (secondary N) is 1. The van der Waals surface area contributed by atoms with Crippen molar-refractivity contribution < 1.29 is 9.59 Å². The van der Waals surface area contributed by atoms with E-state index in [0.717, 1.165) is 30.4 Å². The van der Waals surface area contributed by atoms with Crippen molar-refractivity contribution in [3.63, 3.8) is 0 Å². The van der Waals surface area contributed by atoms with Crippen LogP contribution < -0.4 is 5.32 Å². The number of carbonyl (C=O) groups is 2. The SMILES string of the molecule is CN(CN1C(=O)NC(c2ccccc2)(c2ccccc2)C1=O)[C@@H]1CCCc2ccccc21. The number of amides is 3. The van der Waals surface area contributed by atoms with Crippen LogP contribution in [0.4, 0.5) is 4.79 Å². The number of carbonyl (C=O) groups excluding carboxylic acids is 2. The van der Waals surface area contributed by atoms with Crippen LogP contribution in [0.25, 0.3) is 0 Å². The lowest BCUT2D eigenvalue weighted by Gasteiger charge is -2.35. The van der Waals surface area contributed by atoms with Gasteiger partial charge >= 0.3 is 6.03 Å². The molecule has 0 bridgehead atoms. The summed E-state index contributed by atoms with van der Waals surface area (Å²) in [7, 11) is 2.00. The second kappa shape index (κ2) is 8.24. The first kappa shape index (κ1) is 20.5. The van der Waals surface area contributed by atoms with E-state index >= 15 is 0 Å². The molecule has 162 valence electrons. The van der Waals surface area contributed by atoms with E-state index in [1.807, 2.05) is 67.7 Å². The van der Waals surface area contributed by atoms with E-state index in [1.54, 1.807) is 0 Å². The topological polar surface area (TPSA) is 52.6 Å². The largest absolute Gasteiger partial charge is 0.326 e. The van der Waals surface area contributed by atoms with E-state index in [2.05, 4.69) is 34.5 Å².